The van der Waals surface area contributed by atoms with Crippen molar-refractivity contribution in [2.24, 2.45) is 0 Å². The van der Waals surface area contributed by atoms with Gasteiger partial charge in [-0.1, -0.05) is 12.1 Å². The van der Waals surface area contributed by atoms with Crippen LogP contribution in [0.25, 0.3) is 5.69 Å². The quantitative estimate of drug-likeness (QED) is 0.757. The van der Waals surface area contributed by atoms with Crippen molar-refractivity contribution in [2.45, 2.75) is 6.42 Å². The van der Waals surface area contributed by atoms with Crippen LogP contribution in [0.5, 0.6) is 0 Å². The SMILES string of the molecule is O=C(Cc1ccc(-n2cccc2)cc1)Nc1ccc(N2CCOCC2)cc1. The summed E-state index contributed by atoms with van der Waals surface area (Å²) in [6.07, 6.45) is 4.36. The maximum absolute atomic E-state index is 12.3. The number of hydrogen-bond acceptors (Lipinski definition) is 3. The molecule has 5 nitrogen and oxygen atoms in total. The number of morpholine rings is 1. The van der Waals surface area contributed by atoms with Crippen molar-refractivity contribution < 1.29 is 9.53 Å². The zero-order valence-corrected chi connectivity index (χ0v) is 15.2. The van der Waals surface area contributed by atoms with Crippen LogP contribution in [0.1, 0.15) is 5.56 Å². The number of nitrogens with one attached hydrogen (secondary N) is 1. The first-order valence-corrected chi connectivity index (χ1v) is 9.23. The Morgan fingerprint density at radius 3 is 2.19 bits per heavy atom. The zero-order valence-electron chi connectivity index (χ0n) is 15.2. The number of carbonyl (C=O) groups is 1. The average Bonchev–Trinajstić information content (AvgIpc) is 3.25. The topological polar surface area (TPSA) is 46.5 Å². The van der Waals surface area contributed by atoms with Gasteiger partial charge in [0, 0.05) is 42.5 Å². The molecule has 27 heavy (non-hydrogen) atoms. The van der Waals surface area contributed by atoms with Gasteiger partial charge in [0.05, 0.1) is 19.6 Å². The standard InChI is InChI=1S/C22H23N3O2/c26-22(17-18-3-7-20(8-4-18)24-11-1-2-12-24)23-19-5-9-21(10-6-19)25-13-15-27-16-14-25/h1-12H,13-17H2,(H,23,26). The lowest BCUT2D eigenvalue weighted by Crippen LogP contribution is -2.36. The van der Waals surface area contributed by atoms with Crippen LogP contribution in [-0.4, -0.2) is 36.8 Å². The summed E-state index contributed by atoms with van der Waals surface area (Å²) in [4.78, 5) is 14.6. The number of nitrogens with zero attached hydrogens (tertiary/aromatic N) is 2. The molecule has 4 rings (SSSR count). The maximum Gasteiger partial charge on any atom is 0.228 e. The smallest absolute Gasteiger partial charge is 0.228 e. The number of benzene rings is 2. The Kier molecular flexibility index (Phi) is 5.21. The fourth-order valence-electron chi connectivity index (χ4n) is 3.26. The normalized spacial score (nSPS) is 14.1. The highest BCUT2D eigenvalue weighted by atomic mass is 16.5. The molecule has 0 bridgehead atoms. The molecule has 2 heterocycles. The molecule has 2 aromatic carbocycles. The lowest BCUT2D eigenvalue weighted by atomic mass is 10.1. The molecule has 0 aliphatic carbocycles. The second-order valence-corrected chi connectivity index (χ2v) is 6.63. The molecular weight excluding hydrogens is 338 g/mol. The van der Waals surface area contributed by atoms with Gasteiger partial charge >= 0.3 is 0 Å². The van der Waals surface area contributed by atoms with Gasteiger partial charge in [-0.2, -0.15) is 0 Å². The third-order valence-corrected chi connectivity index (χ3v) is 4.73. The number of hydrogen-bond donors (Lipinski definition) is 1. The van der Waals surface area contributed by atoms with E-state index in [0.717, 1.165) is 48.9 Å². The minimum absolute atomic E-state index is 0.0113. The molecule has 1 aliphatic rings. The van der Waals surface area contributed by atoms with Gasteiger partial charge < -0.3 is 19.5 Å². The fraction of sp³-hybridized carbons (Fsp3) is 0.227. The molecule has 0 saturated carbocycles. The first kappa shape index (κ1) is 17.4. The van der Waals surface area contributed by atoms with Gasteiger partial charge in [0.15, 0.2) is 0 Å². The summed E-state index contributed by atoms with van der Waals surface area (Å²) in [5, 5.41) is 2.98. The van der Waals surface area contributed by atoms with Crippen LogP contribution in [0.4, 0.5) is 11.4 Å². The van der Waals surface area contributed by atoms with E-state index < -0.39 is 0 Å². The third-order valence-electron chi connectivity index (χ3n) is 4.73. The summed E-state index contributed by atoms with van der Waals surface area (Å²) < 4.78 is 7.42. The number of amides is 1. The van der Waals surface area contributed by atoms with Gasteiger partial charge in [-0.25, -0.2) is 0 Å². The van der Waals surface area contributed by atoms with E-state index >= 15 is 0 Å². The zero-order chi connectivity index (χ0) is 18.5. The van der Waals surface area contributed by atoms with E-state index in [1.807, 2.05) is 77.6 Å². The van der Waals surface area contributed by atoms with Crippen LogP contribution in [0.2, 0.25) is 0 Å². The monoisotopic (exact) mass is 361 g/mol. The van der Waals surface area contributed by atoms with Crippen molar-refractivity contribution in [3.8, 4) is 5.69 Å². The highest BCUT2D eigenvalue weighted by molar-refractivity contribution is 5.92. The van der Waals surface area contributed by atoms with Crippen molar-refractivity contribution in [3.05, 3.63) is 78.6 Å². The predicted octanol–water partition coefficient (Wildman–Crippen LogP) is 3.50. The van der Waals surface area contributed by atoms with E-state index in [-0.39, 0.29) is 5.91 Å². The fourth-order valence-corrected chi connectivity index (χ4v) is 3.26. The Hall–Kier alpha value is -3.05. The molecule has 3 aromatic rings. The molecule has 1 aromatic heterocycles. The van der Waals surface area contributed by atoms with E-state index in [1.54, 1.807) is 0 Å². The Bertz CT molecular complexity index is 865. The van der Waals surface area contributed by atoms with E-state index in [1.165, 1.54) is 0 Å². The minimum atomic E-state index is -0.0113. The summed E-state index contributed by atoms with van der Waals surface area (Å²) in [7, 11) is 0. The number of anilines is 2. The number of carbonyl (C=O) groups excluding carboxylic acids is 1. The molecule has 1 aliphatic heterocycles. The summed E-state index contributed by atoms with van der Waals surface area (Å²) in [6.45, 7) is 3.35. The molecule has 0 radical (unpaired) electrons. The van der Waals surface area contributed by atoms with Gasteiger partial charge in [-0.05, 0) is 54.1 Å². The highest BCUT2D eigenvalue weighted by Gasteiger charge is 2.11. The van der Waals surface area contributed by atoms with Gasteiger partial charge in [0.2, 0.25) is 5.91 Å². The molecule has 138 valence electrons. The lowest BCUT2D eigenvalue weighted by Gasteiger charge is -2.28. The van der Waals surface area contributed by atoms with Crippen LogP contribution < -0.4 is 10.2 Å². The van der Waals surface area contributed by atoms with E-state index in [9.17, 15) is 4.79 Å². The van der Waals surface area contributed by atoms with E-state index in [0.29, 0.717) is 6.42 Å². The first-order valence-electron chi connectivity index (χ1n) is 9.23. The van der Waals surface area contributed by atoms with Crippen LogP contribution >= 0.6 is 0 Å². The Balaban J connectivity index is 1.33. The third kappa shape index (κ3) is 4.38. The van der Waals surface area contributed by atoms with Crippen molar-refractivity contribution in [2.75, 3.05) is 36.5 Å². The molecule has 1 saturated heterocycles. The second kappa shape index (κ2) is 8.10. The van der Waals surface area contributed by atoms with E-state index in [2.05, 4.69) is 10.2 Å². The van der Waals surface area contributed by atoms with Gasteiger partial charge in [0.25, 0.3) is 0 Å². The molecule has 1 N–H and O–H groups in total. The first-order chi connectivity index (χ1) is 13.3. The predicted molar refractivity (Wildman–Crippen MR) is 108 cm³/mol. The average molecular weight is 361 g/mol. The van der Waals surface area contributed by atoms with Crippen LogP contribution in [0, 0.1) is 0 Å². The van der Waals surface area contributed by atoms with Crippen molar-refractivity contribution in [3.63, 3.8) is 0 Å². The van der Waals surface area contributed by atoms with Crippen molar-refractivity contribution in [1.82, 2.24) is 4.57 Å². The van der Waals surface area contributed by atoms with Crippen LogP contribution in [-0.2, 0) is 16.0 Å². The molecule has 0 atom stereocenters. The molecule has 0 spiro atoms. The number of rotatable bonds is 5. The van der Waals surface area contributed by atoms with Gasteiger partial charge in [0.1, 0.15) is 0 Å². The lowest BCUT2D eigenvalue weighted by molar-refractivity contribution is -0.115. The van der Waals surface area contributed by atoms with E-state index in [4.69, 9.17) is 4.74 Å². The summed E-state index contributed by atoms with van der Waals surface area (Å²) in [5.74, 6) is -0.0113. The Morgan fingerprint density at radius 2 is 1.52 bits per heavy atom. The Labute approximate surface area is 159 Å². The minimum Gasteiger partial charge on any atom is -0.378 e. The van der Waals surface area contributed by atoms with Crippen LogP contribution in [0.3, 0.4) is 0 Å². The largest absolute Gasteiger partial charge is 0.378 e. The van der Waals surface area contributed by atoms with Gasteiger partial charge in [-0.3, -0.25) is 4.79 Å². The molecule has 5 heteroatoms. The van der Waals surface area contributed by atoms with Crippen LogP contribution in [0.15, 0.2) is 73.1 Å². The van der Waals surface area contributed by atoms with Crippen molar-refractivity contribution >= 4 is 17.3 Å². The summed E-state index contributed by atoms with van der Waals surface area (Å²) >= 11 is 0. The highest BCUT2D eigenvalue weighted by Crippen LogP contribution is 2.19. The number of aromatic nitrogens is 1. The van der Waals surface area contributed by atoms with Crippen molar-refractivity contribution in [1.29, 1.82) is 0 Å². The molecule has 1 amide bonds. The molecular formula is C22H23N3O2. The second-order valence-electron chi connectivity index (χ2n) is 6.63. The molecule has 0 unspecified atom stereocenters. The Morgan fingerprint density at radius 1 is 0.889 bits per heavy atom. The molecule has 1 fully saturated rings. The maximum atomic E-state index is 12.3. The summed E-state index contributed by atoms with van der Waals surface area (Å²) in [6, 6.07) is 20.0. The summed E-state index contributed by atoms with van der Waals surface area (Å²) in [5.41, 5.74) is 4.06. The van der Waals surface area contributed by atoms with Gasteiger partial charge in [-0.15, -0.1) is 0 Å². The number of ether oxygens (including phenoxy) is 1.